The summed E-state index contributed by atoms with van der Waals surface area (Å²) in [6.45, 7) is 9.06. The topological polar surface area (TPSA) is 0 Å². The van der Waals surface area contributed by atoms with Crippen molar-refractivity contribution >= 4 is 24.4 Å². The van der Waals surface area contributed by atoms with Crippen LogP contribution in [-0.4, -0.2) is 8.80 Å². The molecule has 1 heteroatoms. The first-order valence-electron chi connectivity index (χ1n) is 8.26. The lowest BCUT2D eigenvalue weighted by molar-refractivity contribution is 1.25. The van der Waals surface area contributed by atoms with Gasteiger partial charge in [0.25, 0.3) is 0 Å². The van der Waals surface area contributed by atoms with E-state index >= 15 is 0 Å². The fourth-order valence-corrected chi connectivity index (χ4v) is 7.02. The maximum absolute atomic E-state index is 2.36. The summed E-state index contributed by atoms with van der Waals surface area (Å²) in [4.78, 5) is 0. The van der Waals surface area contributed by atoms with Crippen LogP contribution in [-0.2, 0) is 0 Å². The molecule has 0 radical (unpaired) electrons. The molecule has 3 rings (SSSR count). The van der Waals surface area contributed by atoms with Crippen LogP contribution >= 0.6 is 0 Å². The van der Waals surface area contributed by atoms with Gasteiger partial charge in [0.05, 0.1) is 0 Å². The van der Waals surface area contributed by atoms with Gasteiger partial charge in [0.1, 0.15) is 8.80 Å². The van der Waals surface area contributed by atoms with Gasteiger partial charge in [-0.3, -0.25) is 0 Å². The van der Waals surface area contributed by atoms with Crippen molar-refractivity contribution in [2.75, 3.05) is 0 Å². The van der Waals surface area contributed by atoms with Crippen molar-refractivity contribution < 1.29 is 0 Å². The standard InChI is InChI=1S/C22H24Si/c1-16-15-17(2)22(19(4)18(16)3)23(20-11-7-5-8-12-20)21-13-9-6-10-14-21/h5-15,23H,1-4H3. The molecule has 0 aliphatic heterocycles. The van der Waals surface area contributed by atoms with E-state index in [4.69, 9.17) is 0 Å². The molecule has 0 bridgehead atoms. The third kappa shape index (κ3) is 3.02. The second kappa shape index (κ2) is 6.55. The van der Waals surface area contributed by atoms with Crippen LogP contribution in [0.25, 0.3) is 0 Å². The predicted octanol–water partition coefficient (Wildman–Crippen LogP) is 3.17. The molecule has 3 aromatic carbocycles. The van der Waals surface area contributed by atoms with Gasteiger partial charge < -0.3 is 0 Å². The van der Waals surface area contributed by atoms with Gasteiger partial charge in [-0.25, -0.2) is 0 Å². The summed E-state index contributed by atoms with van der Waals surface area (Å²) in [7, 11) is -1.44. The lowest BCUT2D eigenvalue weighted by Gasteiger charge is -2.24. The minimum absolute atomic E-state index is 1.40. The molecule has 0 saturated carbocycles. The lowest BCUT2D eigenvalue weighted by atomic mass is 10.0. The molecule has 0 N–H and O–H groups in total. The van der Waals surface area contributed by atoms with Crippen LogP contribution in [0.15, 0.2) is 66.7 Å². The average Bonchev–Trinajstić information content (AvgIpc) is 2.58. The number of rotatable bonds is 3. The smallest absolute Gasteiger partial charge is 0.0625 e. The fraction of sp³-hybridized carbons (Fsp3) is 0.182. The number of aryl methyl sites for hydroxylation is 2. The highest BCUT2D eigenvalue weighted by atomic mass is 28.3. The van der Waals surface area contributed by atoms with Crippen LogP contribution in [0.5, 0.6) is 0 Å². The highest BCUT2D eigenvalue weighted by Gasteiger charge is 2.23. The van der Waals surface area contributed by atoms with E-state index < -0.39 is 8.80 Å². The molecule has 0 unspecified atom stereocenters. The molecule has 0 saturated heterocycles. The Kier molecular flexibility index (Phi) is 4.49. The summed E-state index contributed by atoms with van der Waals surface area (Å²) in [6, 6.07) is 24.5. The SMILES string of the molecule is Cc1cc(C)c([SiH](c2ccccc2)c2ccccc2)c(C)c1C. The lowest BCUT2D eigenvalue weighted by Crippen LogP contribution is -2.54. The van der Waals surface area contributed by atoms with E-state index in [1.165, 1.54) is 32.6 Å². The molecule has 0 nitrogen and oxygen atoms in total. The Balaban J connectivity index is 2.28. The molecule has 23 heavy (non-hydrogen) atoms. The maximum atomic E-state index is 2.36. The average molecular weight is 317 g/mol. The molecule has 0 atom stereocenters. The number of benzene rings is 3. The zero-order chi connectivity index (χ0) is 16.4. The maximum Gasteiger partial charge on any atom is 0.133 e. The van der Waals surface area contributed by atoms with E-state index in [-0.39, 0.29) is 0 Å². The van der Waals surface area contributed by atoms with E-state index in [1.54, 1.807) is 5.19 Å². The fourth-order valence-electron chi connectivity index (χ4n) is 3.57. The Morgan fingerprint density at radius 2 is 1.04 bits per heavy atom. The Bertz CT molecular complexity index is 765. The molecule has 0 spiro atoms. The Morgan fingerprint density at radius 1 is 0.565 bits per heavy atom. The molecule has 0 fully saturated rings. The summed E-state index contributed by atoms with van der Waals surface area (Å²) in [6.07, 6.45) is 0. The molecule has 0 amide bonds. The zero-order valence-electron chi connectivity index (χ0n) is 14.4. The van der Waals surface area contributed by atoms with Crippen molar-refractivity contribution in [3.05, 3.63) is 89.0 Å². The Labute approximate surface area is 141 Å². The van der Waals surface area contributed by atoms with Gasteiger partial charge in [-0.15, -0.1) is 0 Å². The molecule has 0 aromatic heterocycles. The first-order chi connectivity index (χ1) is 11.1. The van der Waals surface area contributed by atoms with Gasteiger partial charge in [-0.05, 0) is 49.6 Å². The normalized spacial score (nSPS) is 11.0. The van der Waals surface area contributed by atoms with E-state index in [1.807, 2.05) is 0 Å². The van der Waals surface area contributed by atoms with Crippen LogP contribution in [0, 0.1) is 27.7 Å². The third-order valence-electron chi connectivity index (χ3n) is 4.97. The molecular weight excluding hydrogens is 292 g/mol. The van der Waals surface area contributed by atoms with Crippen LogP contribution in [0.3, 0.4) is 0 Å². The quantitative estimate of drug-likeness (QED) is 0.514. The monoisotopic (exact) mass is 316 g/mol. The van der Waals surface area contributed by atoms with Crippen molar-refractivity contribution in [1.82, 2.24) is 0 Å². The van der Waals surface area contributed by atoms with Gasteiger partial charge in [-0.2, -0.15) is 0 Å². The van der Waals surface area contributed by atoms with Gasteiger partial charge in [0, 0.05) is 0 Å². The van der Waals surface area contributed by atoms with E-state index in [0.717, 1.165) is 0 Å². The molecule has 116 valence electrons. The molecule has 0 heterocycles. The predicted molar refractivity (Wildman–Crippen MR) is 104 cm³/mol. The van der Waals surface area contributed by atoms with Gasteiger partial charge >= 0.3 is 0 Å². The number of hydrogen-bond acceptors (Lipinski definition) is 0. The first-order valence-corrected chi connectivity index (χ1v) is 10.00. The van der Waals surface area contributed by atoms with Gasteiger partial charge in [0.15, 0.2) is 0 Å². The van der Waals surface area contributed by atoms with Crippen LogP contribution in [0.4, 0.5) is 0 Å². The van der Waals surface area contributed by atoms with E-state index in [2.05, 4.69) is 94.4 Å². The zero-order valence-corrected chi connectivity index (χ0v) is 15.6. The van der Waals surface area contributed by atoms with Gasteiger partial charge in [-0.1, -0.05) is 82.7 Å². The van der Waals surface area contributed by atoms with E-state index in [9.17, 15) is 0 Å². The minimum Gasteiger partial charge on any atom is -0.0625 e. The minimum atomic E-state index is -1.44. The molecule has 0 aliphatic carbocycles. The van der Waals surface area contributed by atoms with Crippen molar-refractivity contribution in [2.45, 2.75) is 27.7 Å². The van der Waals surface area contributed by atoms with Gasteiger partial charge in [0.2, 0.25) is 0 Å². The summed E-state index contributed by atoms with van der Waals surface area (Å²) >= 11 is 0. The highest BCUT2D eigenvalue weighted by Crippen LogP contribution is 2.14. The van der Waals surface area contributed by atoms with Crippen molar-refractivity contribution in [2.24, 2.45) is 0 Å². The van der Waals surface area contributed by atoms with Crippen LogP contribution < -0.4 is 15.6 Å². The Morgan fingerprint density at radius 3 is 1.52 bits per heavy atom. The van der Waals surface area contributed by atoms with Crippen LogP contribution in [0.1, 0.15) is 22.3 Å². The number of hydrogen-bond donors (Lipinski definition) is 0. The summed E-state index contributed by atoms with van der Waals surface area (Å²) in [5.74, 6) is 0. The Hall–Kier alpha value is -2.12. The van der Waals surface area contributed by atoms with Crippen molar-refractivity contribution in [3.8, 4) is 0 Å². The highest BCUT2D eigenvalue weighted by molar-refractivity contribution is 6.96. The molecular formula is C22H24Si. The summed E-state index contributed by atoms with van der Waals surface area (Å²) in [5.41, 5.74) is 5.76. The van der Waals surface area contributed by atoms with E-state index in [0.29, 0.717) is 0 Å². The largest absolute Gasteiger partial charge is 0.133 e. The third-order valence-corrected chi connectivity index (χ3v) is 8.54. The molecule has 0 aliphatic rings. The van der Waals surface area contributed by atoms with Crippen LogP contribution in [0.2, 0.25) is 0 Å². The van der Waals surface area contributed by atoms with Crippen molar-refractivity contribution in [3.63, 3.8) is 0 Å². The summed E-state index contributed by atoms with van der Waals surface area (Å²) < 4.78 is 0. The second-order valence-electron chi connectivity index (χ2n) is 6.43. The first kappa shape index (κ1) is 15.8. The summed E-state index contributed by atoms with van der Waals surface area (Å²) in [5, 5.41) is 4.58. The molecule has 3 aromatic rings. The second-order valence-corrected chi connectivity index (χ2v) is 9.21. The van der Waals surface area contributed by atoms with Crippen molar-refractivity contribution in [1.29, 1.82) is 0 Å².